The lowest BCUT2D eigenvalue weighted by molar-refractivity contribution is -0.139. The molecule has 0 aliphatic carbocycles. The van der Waals surface area contributed by atoms with E-state index in [1.165, 1.54) is 7.11 Å². The second-order valence-corrected chi connectivity index (χ2v) is 4.61. The maximum absolute atomic E-state index is 11.6. The van der Waals surface area contributed by atoms with Gasteiger partial charge in [0.15, 0.2) is 11.5 Å². The fraction of sp³-hybridized carbons (Fsp3) is 0.400. The average Bonchev–Trinajstić information content (AvgIpc) is 2.83. The maximum atomic E-state index is 11.6. The minimum atomic E-state index is -0.281. The lowest BCUT2D eigenvalue weighted by atomic mass is 10.1. The first-order valence-corrected chi connectivity index (χ1v) is 6.65. The van der Waals surface area contributed by atoms with Crippen LogP contribution in [0.5, 0.6) is 11.5 Å². The van der Waals surface area contributed by atoms with Crippen molar-refractivity contribution in [2.24, 2.45) is 5.73 Å². The predicted octanol–water partition coefficient (Wildman–Crippen LogP) is 1.33. The molecule has 0 unspecified atom stereocenters. The van der Waals surface area contributed by atoms with Gasteiger partial charge in [-0.3, -0.25) is 4.79 Å². The zero-order valence-corrected chi connectivity index (χ0v) is 12.5. The third kappa shape index (κ3) is 2.95. The summed E-state index contributed by atoms with van der Waals surface area (Å²) in [6.07, 6.45) is 2.13. The van der Waals surface area contributed by atoms with E-state index in [-0.39, 0.29) is 12.4 Å². The molecule has 0 amide bonds. The van der Waals surface area contributed by atoms with Gasteiger partial charge in [0.25, 0.3) is 0 Å². The van der Waals surface area contributed by atoms with Crippen LogP contribution in [0.4, 0.5) is 0 Å². The molecule has 6 heteroatoms. The molecule has 0 saturated carbocycles. The summed E-state index contributed by atoms with van der Waals surface area (Å²) in [6.45, 7) is 1.17. The number of rotatable bonds is 6. The Morgan fingerprint density at radius 1 is 1.19 bits per heavy atom. The molecule has 0 bridgehead atoms. The smallest absolute Gasteiger partial charge is 0.310 e. The number of nitrogens with two attached hydrogens (primary N) is 1. The zero-order chi connectivity index (χ0) is 15.4. The number of aromatic nitrogens is 1. The fourth-order valence-corrected chi connectivity index (χ4v) is 2.38. The number of methoxy groups -OCH3 is 3. The average molecular weight is 292 g/mol. The Bertz CT molecular complexity index is 649. The van der Waals surface area contributed by atoms with E-state index in [1.54, 1.807) is 14.2 Å². The van der Waals surface area contributed by atoms with Gasteiger partial charge in [-0.15, -0.1) is 0 Å². The van der Waals surface area contributed by atoms with Crippen LogP contribution in [0, 0.1) is 0 Å². The van der Waals surface area contributed by atoms with Gasteiger partial charge in [0.1, 0.15) is 0 Å². The van der Waals surface area contributed by atoms with E-state index in [2.05, 4.69) is 0 Å². The van der Waals surface area contributed by atoms with E-state index >= 15 is 0 Å². The van der Waals surface area contributed by atoms with Gasteiger partial charge in [-0.2, -0.15) is 0 Å². The molecule has 0 fully saturated rings. The van der Waals surface area contributed by atoms with Crippen LogP contribution in [0.1, 0.15) is 5.56 Å². The number of nitrogens with zero attached hydrogens (tertiary/aromatic N) is 1. The van der Waals surface area contributed by atoms with Gasteiger partial charge in [0.2, 0.25) is 0 Å². The summed E-state index contributed by atoms with van der Waals surface area (Å²) in [4.78, 5) is 11.6. The molecule has 1 aromatic heterocycles. The molecule has 21 heavy (non-hydrogen) atoms. The monoisotopic (exact) mass is 292 g/mol. The summed E-state index contributed by atoms with van der Waals surface area (Å²) < 4.78 is 17.4. The van der Waals surface area contributed by atoms with E-state index in [1.807, 2.05) is 22.9 Å². The van der Waals surface area contributed by atoms with Gasteiger partial charge in [-0.25, -0.2) is 0 Å². The molecule has 1 aromatic carbocycles. The fourth-order valence-electron chi connectivity index (χ4n) is 2.38. The Labute approximate surface area is 123 Å². The van der Waals surface area contributed by atoms with Crippen LogP contribution in [0.3, 0.4) is 0 Å². The lowest BCUT2D eigenvalue weighted by Gasteiger charge is -2.09. The van der Waals surface area contributed by atoms with Crippen molar-refractivity contribution in [1.29, 1.82) is 0 Å². The number of benzene rings is 1. The Morgan fingerprint density at radius 2 is 1.86 bits per heavy atom. The van der Waals surface area contributed by atoms with Crippen molar-refractivity contribution in [3.63, 3.8) is 0 Å². The van der Waals surface area contributed by atoms with E-state index in [9.17, 15) is 4.79 Å². The van der Waals surface area contributed by atoms with Crippen molar-refractivity contribution in [2.75, 3.05) is 27.9 Å². The third-order valence-corrected chi connectivity index (χ3v) is 3.40. The molecule has 2 aromatic rings. The van der Waals surface area contributed by atoms with Gasteiger partial charge >= 0.3 is 5.97 Å². The molecule has 0 aliphatic heterocycles. The molecule has 0 saturated heterocycles. The first-order chi connectivity index (χ1) is 10.1. The van der Waals surface area contributed by atoms with Gasteiger partial charge < -0.3 is 24.5 Å². The highest BCUT2D eigenvalue weighted by Crippen LogP contribution is 2.34. The Hall–Kier alpha value is -2.21. The summed E-state index contributed by atoms with van der Waals surface area (Å²) in [6, 6.07) is 3.77. The SMILES string of the molecule is COC(=O)Cc1cn(CCN)c2cc(OC)c(OC)cc12. The first-order valence-electron chi connectivity index (χ1n) is 6.65. The number of carbonyl (C=O) groups excluding carboxylic acids is 1. The molecule has 2 N–H and O–H groups in total. The minimum absolute atomic E-state index is 0.208. The second-order valence-electron chi connectivity index (χ2n) is 4.61. The number of fused-ring (bicyclic) bond motifs is 1. The van der Waals surface area contributed by atoms with Gasteiger partial charge in [-0.05, 0) is 11.6 Å². The molecular weight excluding hydrogens is 272 g/mol. The van der Waals surface area contributed by atoms with Gasteiger partial charge in [0, 0.05) is 30.7 Å². The standard InChI is InChI=1S/C15H20N2O4/c1-19-13-7-11-10(6-15(18)21-3)9-17(5-4-16)12(11)8-14(13)20-2/h7-9H,4-6,16H2,1-3H3. The summed E-state index contributed by atoms with van der Waals surface area (Å²) in [7, 11) is 4.56. The number of esters is 1. The van der Waals surface area contributed by atoms with Gasteiger partial charge in [-0.1, -0.05) is 0 Å². The van der Waals surface area contributed by atoms with Crippen LogP contribution in [-0.2, 0) is 22.5 Å². The lowest BCUT2D eigenvalue weighted by Crippen LogP contribution is -2.09. The molecule has 0 spiro atoms. The number of hydrogen-bond donors (Lipinski definition) is 1. The van der Waals surface area contributed by atoms with E-state index in [0.29, 0.717) is 24.6 Å². The molecule has 1 heterocycles. The predicted molar refractivity (Wildman–Crippen MR) is 79.8 cm³/mol. The molecule has 2 rings (SSSR count). The van der Waals surface area contributed by atoms with E-state index < -0.39 is 0 Å². The van der Waals surface area contributed by atoms with Crippen molar-refractivity contribution in [1.82, 2.24) is 4.57 Å². The number of hydrogen-bond acceptors (Lipinski definition) is 5. The van der Waals surface area contributed by atoms with Crippen LogP contribution in [-0.4, -0.2) is 38.4 Å². The summed E-state index contributed by atoms with van der Waals surface area (Å²) >= 11 is 0. The quantitative estimate of drug-likeness (QED) is 0.813. The Balaban J connectivity index is 2.60. The summed E-state index contributed by atoms with van der Waals surface area (Å²) in [5.41, 5.74) is 7.48. The number of carbonyl (C=O) groups is 1. The second kappa shape index (κ2) is 6.49. The van der Waals surface area contributed by atoms with E-state index in [4.69, 9.17) is 19.9 Å². The van der Waals surface area contributed by atoms with Crippen LogP contribution in [0.15, 0.2) is 18.3 Å². The normalized spacial score (nSPS) is 10.7. The topological polar surface area (TPSA) is 75.7 Å². The molecule has 0 radical (unpaired) electrons. The zero-order valence-electron chi connectivity index (χ0n) is 12.5. The van der Waals surface area contributed by atoms with Crippen LogP contribution < -0.4 is 15.2 Å². The van der Waals surface area contributed by atoms with Crippen LogP contribution >= 0.6 is 0 Å². The Morgan fingerprint density at radius 3 is 2.43 bits per heavy atom. The van der Waals surface area contributed by atoms with Crippen molar-refractivity contribution in [2.45, 2.75) is 13.0 Å². The molecule has 0 atom stereocenters. The van der Waals surface area contributed by atoms with E-state index in [0.717, 1.165) is 16.5 Å². The van der Waals surface area contributed by atoms with Crippen LogP contribution in [0.2, 0.25) is 0 Å². The highest BCUT2D eigenvalue weighted by atomic mass is 16.5. The molecule has 114 valence electrons. The van der Waals surface area contributed by atoms with Gasteiger partial charge in [0.05, 0.1) is 33.3 Å². The van der Waals surface area contributed by atoms with Crippen LogP contribution in [0.25, 0.3) is 10.9 Å². The molecule has 6 nitrogen and oxygen atoms in total. The third-order valence-electron chi connectivity index (χ3n) is 3.40. The van der Waals surface area contributed by atoms with Crippen molar-refractivity contribution >= 4 is 16.9 Å². The van der Waals surface area contributed by atoms with Crippen molar-refractivity contribution < 1.29 is 19.0 Å². The Kier molecular flexibility index (Phi) is 4.70. The number of ether oxygens (including phenoxy) is 3. The van der Waals surface area contributed by atoms with Crippen molar-refractivity contribution in [3.8, 4) is 11.5 Å². The minimum Gasteiger partial charge on any atom is -0.493 e. The molecular formula is C15H20N2O4. The largest absolute Gasteiger partial charge is 0.493 e. The first kappa shape index (κ1) is 15.2. The highest BCUT2D eigenvalue weighted by Gasteiger charge is 2.16. The summed E-state index contributed by atoms with van der Waals surface area (Å²) in [5, 5.41) is 0.937. The summed E-state index contributed by atoms with van der Waals surface area (Å²) in [5.74, 6) is 0.990. The maximum Gasteiger partial charge on any atom is 0.310 e. The highest BCUT2D eigenvalue weighted by molar-refractivity contribution is 5.90. The van der Waals surface area contributed by atoms with Crippen molar-refractivity contribution in [3.05, 3.63) is 23.9 Å². The molecule has 0 aliphatic rings.